The number of carbonyl (C=O) groups excluding carboxylic acids is 1. The van der Waals surface area contributed by atoms with Gasteiger partial charge in [-0.2, -0.15) is 5.10 Å². The summed E-state index contributed by atoms with van der Waals surface area (Å²) in [4.78, 5) is 22.6. The fourth-order valence-corrected chi connectivity index (χ4v) is 3.85. The van der Waals surface area contributed by atoms with E-state index in [1.165, 1.54) is 5.56 Å². The summed E-state index contributed by atoms with van der Waals surface area (Å²) in [6.07, 6.45) is 9.49. The SMILES string of the molecule is O=C(c1ccncc1)N1CCC(NC(CCn2cncn2)c2ccccc2)CC1. The van der Waals surface area contributed by atoms with Crippen molar-refractivity contribution < 1.29 is 4.79 Å². The topological polar surface area (TPSA) is 75.9 Å². The summed E-state index contributed by atoms with van der Waals surface area (Å²) in [6, 6.07) is 14.7. The van der Waals surface area contributed by atoms with Gasteiger partial charge >= 0.3 is 0 Å². The van der Waals surface area contributed by atoms with Crippen molar-refractivity contribution in [3.8, 4) is 0 Å². The number of hydrogen-bond acceptors (Lipinski definition) is 5. The molecule has 0 radical (unpaired) electrons. The third-order valence-electron chi connectivity index (χ3n) is 5.46. The summed E-state index contributed by atoms with van der Waals surface area (Å²) >= 11 is 0. The molecule has 1 aliphatic rings. The van der Waals surface area contributed by atoms with Crippen molar-refractivity contribution in [1.29, 1.82) is 0 Å². The Morgan fingerprint density at radius 1 is 1.07 bits per heavy atom. The number of aryl methyl sites for hydroxylation is 1. The molecule has 29 heavy (non-hydrogen) atoms. The number of hydrogen-bond donors (Lipinski definition) is 1. The number of nitrogens with zero attached hydrogens (tertiary/aromatic N) is 5. The maximum atomic E-state index is 12.6. The molecule has 1 N–H and O–H groups in total. The van der Waals surface area contributed by atoms with Gasteiger partial charge in [-0.25, -0.2) is 4.98 Å². The zero-order valence-corrected chi connectivity index (χ0v) is 16.4. The molecule has 7 nitrogen and oxygen atoms in total. The van der Waals surface area contributed by atoms with Crippen molar-refractivity contribution in [1.82, 2.24) is 30.0 Å². The highest BCUT2D eigenvalue weighted by Crippen LogP contribution is 2.22. The Bertz CT molecular complexity index is 876. The van der Waals surface area contributed by atoms with Crippen LogP contribution in [0.15, 0.2) is 67.5 Å². The first kappa shape index (κ1) is 19.3. The predicted octanol–water partition coefficient (Wildman–Crippen LogP) is 2.70. The van der Waals surface area contributed by atoms with Gasteiger partial charge in [0, 0.05) is 49.7 Å². The van der Waals surface area contributed by atoms with E-state index in [0.29, 0.717) is 11.6 Å². The second-order valence-corrected chi connectivity index (χ2v) is 7.38. The summed E-state index contributed by atoms with van der Waals surface area (Å²) in [5.74, 6) is 0.0941. The minimum Gasteiger partial charge on any atom is -0.339 e. The first-order chi connectivity index (χ1) is 14.3. The summed E-state index contributed by atoms with van der Waals surface area (Å²) in [7, 11) is 0. The monoisotopic (exact) mass is 390 g/mol. The number of piperidine rings is 1. The number of benzene rings is 1. The van der Waals surface area contributed by atoms with Crippen LogP contribution in [0.2, 0.25) is 0 Å². The molecule has 1 atom stereocenters. The molecule has 0 saturated carbocycles. The Hall–Kier alpha value is -3.06. The van der Waals surface area contributed by atoms with E-state index in [1.54, 1.807) is 37.2 Å². The molecule has 2 aromatic heterocycles. The van der Waals surface area contributed by atoms with Crippen LogP contribution in [-0.2, 0) is 6.54 Å². The Balaban J connectivity index is 1.35. The number of carbonyl (C=O) groups is 1. The molecule has 7 heteroatoms. The van der Waals surface area contributed by atoms with Crippen molar-refractivity contribution in [3.63, 3.8) is 0 Å². The van der Waals surface area contributed by atoms with Gasteiger partial charge < -0.3 is 10.2 Å². The van der Waals surface area contributed by atoms with Gasteiger partial charge in [-0.15, -0.1) is 0 Å². The number of likely N-dealkylation sites (tertiary alicyclic amines) is 1. The fraction of sp³-hybridized carbons (Fsp3) is 0.364. The number of aromatic nitrogens is 4. The molecule has 1 unspecified atom stereocenters. The van der Waals surface area contributed by atoms with Crippen LogP contribution in [0.5, 0.6) is 0 Å². The molecule has 4 rings (SSSR count). The van der Waals surface area contributed by atoms with Gasteiger partial charge in [-0.3, -0.25) is 14.5 Å². The van der Waals surface area contributed by atoms with Gasteiger partial charge in [0.15, 0.2) is 0 Å². The maximum Gasteiger partial charge on any atom is 0.253 e. The lowest BCUT2D eigenvalue weighted by Crippen LogP contribution is -2.46. The van der Waals surface area contributed by atoms with Crippen molar-refractivity contribution in [2.24, 2.45) is 0 Å². The van der Waals surface area contributed by atoms with Crippen molar-refractivity contribution in [3.05, 3.63) is 78.6 Å². The van der Waals surface area contributed by atoms with E-state index in [4.69, 9.17) is 0 Å². The van der Waals surface area contributed by atoms with E-state index in [2.05, 4.69) is 44.6 Å². The van der Waals surface area contributed by atoms with Crippen LogP contribution >= 0.6 is 0 Å². The molecule has 1 aliphatic heterocycles. The largest absolute Gasteiger partial charge is 0.339 e. The van der Waals surface area contributed by atoms with E-state index in [9.17, 15) is 4.79 Å². The van der Waals surface area contributed by atoms with Crippen LogP contribution < -0.4 is 5.32 Å². The molecule has 1 saturated heterocycles. The Morgan fingerprint density at radius 3 is 2.52 bits per heavy atom. The van der Waals surface area contributed by atoms with Crippen LogP contribution in [-0.4, -0.2) is 49.7 Å². The van der Waals surface area contributed by atoms with E-state index in [1.807, 2.05) is 15.6 Å². The van der Waals surface area contributed by atoms with Crippen LogP contribution in [0.1, 0.15) is 41.2 Å². The van der Waals surface area contributed by atoms with Gasteiger partial charge in [0.25, 0.3) is 5.91 Å². The summed E-state index contributed by atoms with van der Waals surface area (Å²) < 4.78 is 1.87. The van der Waals surface area contributed by atoms with Crippen molar-refractivity contribution in [2.45, 2.75) is 37.9 Å². The summed E-state index contributed by atoms with van der Waals surface area (Å²) in [5, 5.41) is 8.04. The number of rotatable bonds is 7. The number of nitrogens with one attached hydrogen (secondary N) is 1. The minimum atomic E-state index is 0.0941. The van der Waals surface area contributed by atoms with E-state index in [-0.39, 0.29) is 11.9 Å². The van der Waals surface area contributed by atoms with Crippen LogP contribution in [0.25, 0.3) is 0 Å². The van der Waals surface area contributed by atoms with E-state index in [0.717, 1.165) is 38.9 Å². The van der Waals surface area contributed by atoms with E-state index >= 15 is 0 Å². The zero-order chi connectivity index (χ0) is 19.9. The Labute approximate surface area is 170 Å². The normalized spacial score (nSPS) is 15.9. The van der Waals surface area contributed by atoms with Crippen molar-refractivity contribution >= 4 is 5.91 Å². The van der Waals surface area contributed by atoms with Crippen LogP contribution in [0.3, 0.4) is 0 Å². The van der Waals surface area contributed by atoms with E-state index < -0.39 is 0 Å². The standard InChI is InChI=1S/C22H26N6O/c29-22(19-6-11-23-12-7-19)27-13-8-20(9-14-27)26-21(18-4-2-1-3-5-18)10-15-28-17-24-16-25-28/h1-7,11-12,16-17,20-21,26H,8-10,13-15H2. The predicted molar refractivity (Wildman–Crippen MR) is 110 cm³/mol. The lowest BCUT2D eigenvalue weighted by Gasteiger charge is -2.35. The highest BCUT2D eigenvalue weighted by atomic mass is 16.2. The van der Waals surface area contributed by atoms with Gasteiger partial charge in [0.05, 0.1) is 0 Å². The highest BCUT2D eigenvalue weighted by Gasteiger charge is 2.25. The van der Waals surface area contributed by atoms with Crippen molar-refractivity contribution in [2.75, 3.05) is 13.1 Å². The lowest BCUT2D eigenvalue weighted by molar-refractivity contribution is 0.0700. The van der Waals surface area contributed by atoms with Crippen LogP contribution in [0, 0.1) is 0 Å². The van der Waals surface area contributed by atoms with Gasteiger partial charge in [-0.1, -0.05) is 30.3 Å². The summed E-state index contributed by atoms with van der Waals surface area (Å²) in [5.41, 5.74) is 1.99. The first-order valence-corrected chi connectivity index (χ1v) is 10.1. The Morgan fingerprint density at radius 2 is 1.83 bits per heavy atom. The molecule has 3 aromatic rings. The van der Waals surface area contributed by atoms with Crippen LogP contribution in [0.4, 0.5) is 0 Å². The second-order valence-electron chi connectivity index (χ2n) is 7.38. The first-order valence-electron chi connectivity index (χ1n) is 10.1. The average Bonchev–Trinajstić information content (AvgIpc) is 3.31. The van der Waals surface area contributed by atoms with Gasteiger partial charge in [0.1, 0.15) is 12.7 Å². The zero-order valence-electron chi connectivity index (χ0n) is 16.4. The Kier molecular flexibility index (Phi) is 6.26. The molecule has 3 heterocycles. The molecular weight excluding hydrogens is 364 g/mol. The number of amides is 1. The molecule has 1 aromatic carbocycles. The lowest BCUT2D eigenvalue weighted by atomic mass is 9.98. The second kappa shape index (κ2) is 9.43. The number of pyridine rings is 1. The highest BCUT2D eigenvalue weighted by molar-refractivity contribution is 5.94. The maximum absolute atomic E-state index is 12.6. The molecule has 1 amide bonds. The quantitative estimate of drug-likeness (QED) is 0.671. The minimum absolute atomic E-state index is 0.0941. The third kappa shape index (κ3) is 5.06. The molecule has 150 valence electrons. The molecule has 0 bridgehead atoms. The molecule has 0 aliphatic carbocycles. The fourth-order valence-electron chi connectivity index (χ4n) is 3.85. The van der Waals surface area contributed by atoms with Gasteiger partial charge in [0.2, 0.25) is 0 Å². The molecule has 1 fully saturated rings. The third-order valence-corrected chi connectivity index (χ3v) is 5.46. The molecular formula is C22H26N6O. The van der Waals surface area contributed by atoms with Gasteiger partial charge in [-0.05, 0) is 37.0 Å². The molecule has 0 spiro atoms. The average molecular weight is 390 g/mol. The smallest absolute Gasteiger partial charge is 0.253 e. The summed E-state index contributed by atoms with van der Waals surface area (Å²) in [6.45, 7) is 2.35.